The van der Waals surface area contributed by atoms with Crippen LogP contribution in [0.2, 0.25) is 0 Å². The van der Waals surface area contributed by atoms with Gasteiger partial charge in [0.2, 0.25) is 0 Å². The van der Waals surface area contributed by atoms with Gasteiger partial charge in [-0.25, -0.2) is 4.68 Å². The number of rotatable bonds is 2. The number of likely N-dealkylation sites (tertiary alicyclic amines) is 1. The molecule has 1 amide bonds. The van der Waals surface area contributed by atoms with Gasteiger partial charge in [-0.05, 0) is 32.8 Å². The Morgan fingerprint density at radius 2 is 1.93 bits per heavy atom. The molecule has 1 aliphatic heterocycles. The van der Waals surface area contributed by atoms with E-state index in [0.717, 1.165) is 12.3 Å². The molecule has 1 aliphatic rings. The molecular weight excluding hydrogens is 359 g/mol. The maximum absolute atomic E-state index is 12.9. The summed E-state index contributed by atoms with van der Waals surface area (Å²) < 4.78 is 40.2. The minimum Gasteiger partial charge on any atom is -0.338 e. The van der Waals surface area contributed by atoms with Gasteiger partial charge in [-0.3, -0.25) is 9.78 Å². The first-order valence-electron chi connectivity index (χ1n) is 8.50. The van der Waals surface area contributed by atoms with Gasteiger partial charge >= 0.3 is 6.18 Å². The summed E-state index contributed by atoms with van der Waals surface area (Å²) in [6.45, 7) is 4.26. The van der Waals surface area contributed by atoms with Crippen LogP contribution in [0.15, 0.2) is 18.5 Å². The summed E-state index contributed by atoms with van der Waals surface area (Å²) in [4.78, 5) is 18.2. The fourth-order valence-corrected chi connectivity index (χ4v) is 3.27. The second-order valence-electron chi connectivity index (χ2n) is 6.58. The van der Waals surface area contributed by atoms with E-state index in [1.54, 1.807) is 18.7 Å². The molecule has 0 aliphatic carbocycles. The van der Waals surface area contributed by atoms with Crippen LogP contribution < -0.4 is 0 Å². The molecule has 0 saturated carbocycles. The molecule has 6 nitrogen and oxygen atoms in total. The maximum atomic E-state index is 12.9. The summed E-state index contributed by atoms with van der Waals surface area (Å²) in [5.41, 5.74) is 0.549. The van der Waals surface area contributed by atoms with Crippen molar-refractivity contribution < 1.29 is 18.0 Å². The molecule has 0 radical (unpaired) electrons. The molecule has 142 valence electrons. The minimum atomic E-state index is -4.51. The summed E-state index contributed by atoms with van der Waals surface area (Å²) in [7, 11) is 0. The van der Waals surface area contributed by atoms with Crippen LogP contribution in [0.1, 0.15) is 40.2 Å². The van der Waals surface area contributed by atoms with Crippen molar-refractivity contribution >= 4 is 5.91 Å². The maximum Gasteiger partial charge on any atom is 0.417 e. The van der Waals surface area contributed by atoms with Gasteiger partial charge in [-0.1, -0.05) is 0 Å². The highest BCUT2D eigenvalue weighted by atomic mass is 19.4. The van der Waals surface area contributed by atoms with Crippen LogP contribution in [0.3, 0.4) is 0 Å². The normalized spacial score (nSPS) is 15.6. The molecule has 0 aromatic carbocycles. The second kappa shape index (κ2) is 7.02. The summed E-state index contributed by atoms with van der Waals surface area (Å²) >= 11 is 0. The second-order valence-corrected chi connectivity index (χ2v) is 6.58. The fraction of sp³-hybridized carbons (Fsp3) is 0.444. The third kappa shape index (κ3) is 3.65. The Morgan fingerprint density at radius 3 is 2.52 bits per heavy atom. The number of aryl methyl sites for hydroxylation is 1. The summed E-state index contributed by atoms with van der Waals surface area (Å²) in [6.07, 6.45) is -1.25. The largest absolute Gasteiger partial charge is 0.417 e. The number of nitriles is 1. The lowest BCUT2D eigenvalue weighted by Gasteiger charge is -2.29. The first-order valence-corrected chi connectivity index (χ1v) is 8.50. The topological polar surface area (TPSA) is 74.8 Å². The number of hydrogen-bond donors (Lipinski definition) is 0. The molecule has 1 fully saturated rings. The van der Waals surface area contributed by atoms with Crippen molar-refractivity contribution in [1.29, 1.82) is 5.26 Å². The Kier molecular flexibility index (Phi) is 4.91. The standard InChI is InChI=1S/C18H18F3N5O/c1-11-16(17(27)25-5-3-13(8-22)4-6-25)12(2)26(24-11)15-7-14(9-23-10-15)18(19,20)21/h7,9-10,13H,3-6H2,1-2H3. The molecule has 3 rings (SSSR count). The van der Waals surface area contributed by atoms with Crippen LogP contribution in [0, 0.1) is 31.1 Å². The first kappa shape index (κ1) is 18.9. The zero-order valence-corrected chi connectivity index (χ0v) is 14.9. The monoisotopic (exact) mass is 377 g/mol. The quantitative estimate of drug-likeness (QED) is 0.805. The van der Waals surface area contributed by atoms with Gasteiger partial charge in [0.05, 0.1) is 40.5 Å². The van der Waals surface area contributed by atoms with Crippen LogP contribution in [-0.2, 0) is 6.18 Å². The Balaban J connectivity index is 1.92. The molecule has 0 N–H and O–H groups in total. The average Bonchev–Trinajstić information content (AvgIpc) is 2.95. The number of alkyl halides is 3. The Morgan fingerprint density at radius 1 is 1.26 bits per heavy atom. The van der Waals surface area contributed by atoms with Crippen molar-refractivity contribution in [3.05, 3.63) is 41.0 Å². The van der Waals surface area contributed by atoms with E-state index < -0.39 is 11.7 Å². The number of aromatic nitrogens is 3. The van der Waals surface area contributed by atoms with Crippen LogP contribution in [-0.4, -0.2) is 38.7 Å². The molecule has 1 saturated heterocycles. The Hall–Kier alpha value is -2.89. The number of amides is 1. The lowest BCUT2D eigenvalue weighted by atomic mass is 9.98. The fourth-order valence-electron chi connectivity index (χ4n) is 3.27. The van der Waals surface area contributed by atoms with E-state index >= 15 is 0 Å². The zero-order chi connectivity index (χ0) is 19.8. The molecular formula is C18H18F3N5O. The molecule has 2 aromatic heterocycles. The highest BCUT2D eigenvalue weighted by Crippen LogP contribution is 2.30. The Labute approximate surface area is 154 Å². The number of carbonyl (C=O) groups excluding carboxylic acids is 1. The third-order valence-electron chi connectivity index (χ3n) is 4.77. The SMILES string of the molecule is Cc1nn(-c2cncc(C(F)(F)F)c2)c(C)c1C(=O)N1CCC(C#N)CC1. The van der Waals surface area contributed by atoms with Crippen molar-refractivity contribution in [2.24, 2.45) is 5.92 Å². The molecule has 0 spiro atoms. The van der Waals surface area contributed by atoms with E-state index in [1.165, 1.54) is 10.9 Å². The van der Waals surface area contributed by atoms with Crippen LogP contribution in [0.4, 0.5) is 13.2 Å². The van der Waals surface area contributed by atoms with Gasteiger partial charge in [0.25, 0.3) is 5.91 Å². The van der Waals surface area contributed by atoms with Crippen LogP contribution in [0.25, 0.3) is 5.69 Å². The van der Waals surface area contributed by atoms with Gasteiger partial charge in [0, 0.05) is 25.2 Å². The first-order chi connectivity index (χ1) is 12.7. The number of hydrogen-bond acceptors (Lipinski definition) is 4. The van der Waals surface area contributed by atoms with E-state index in [1.807, 2.05) is 0 Å². The molecule has 3 heterocycles. The van der Waals surface area contributed by atoms with Gasteiger partial charge in [-0.2, -0.15) is 23.5 Å². The molecule has 0 unspecified atom stereocenters. The van der Waals surface area contributed by atoms with Crippen molar-refractivity contribution in [2.75, 3.05) is 13.1 Å². The summed E-state index contributed by atoms with van der Waals surface area (Å²) in [5, 5.41) is 13.2. The summed E-state index contributed by atoms with van der Waals surface area (Å²) in [5.74, 6) is -0.261. The van der Waals surface area contributed by atoms with Crippen molar-refractivity contribution in [3.8, 4) is 11.8 Å². The van der Waals surface area contributed by atoms with E-state index in [9.17, 15) is 18.0 Å². The number of pyridine rings is 1. The van der Waals surface area contributed by atoms with Crippen molar-refractivity contribution in [3.63, 3.8) is 0 Å². The molecule has 27 heavy (non-hydrogen) atoms. The molecule has 0 atom stereocenters. The highest BCUT2D eigenvalue weighted by Gasteiger charge is 2.32. The third-order valence-corrected chi connectivity index (χ3v) is 4.77. The van der Waals surface area contributed by atoms with E-state index in [2.05, 4.69) is 16.2 Å². The summed E-state index contributed by atoms with van der Waals surface area (Å²) in [6, 6.07) is 3.17. The Bertz CT molecular complexity index is 905. The molecule has 2 aromatic rings. The van der Waals surface area contributed by atoms with Crippen molar-refractivity contribution in [2.45, 2.75) is 32.9 Å². The number of piperidine rings is 1. The molecule has 9 heteroatoms. The van der Waals surface area contributed by atoms with E-state index in [0.29, 0.717) is 42.9 Å². The number of halogens is 3. The predicted octanol–water partition coefficient (Wildman–Crippen LogP) is 3.28. The van der Waals surface area contributed by atoms with E-state index in [-0.39, 0.29) is 17.5 Å². The number of carbonyl (C=O) groups is 1. The minimum absolute atomic E-state index is 0.0462. The van der Waals surface area contributed by atoms with Crippen molar-refractivity contribution in [1.82, 2.24) is 19.7 Å². The van der Waals surface area contributed by atoms with Gasteiger partial charge in [0.15, 0.2) is 0 Å². The van der Waals surface area contributed by atoms with Gasteiger partial charge in [-0.15, -0.1) is 0 Å². The highest BCUT2D eigenvalue weighted by molar-refractivity contribution is 5.96. The zero-order valence-electron chi connectivity index (χ0n) is 14.9. The predicted molar refractivity (Wildman–Crippen MR) is 90.1 cm³/mol. The van der Waals surface area contributed by atoms with Gasteiger partial charge < -0.3 is 4.90 Å². The number of nitrogens with zero attached hydrogens (tertiary/aromatic N) is 5. The van der Waals surface area contributed by atoms with Gasteiger partial charge in [0.1, 0.15) is 0 Å². The lowest BCUT2D eigenvalue weighted by Crippen LogP contribution is -2.38. The molecule has 0 bridgehead atoms. The van der Waals surface area contributed by atoms with Crippen LogP contribution in [0.5, 0.6) is 0 Å². The smallest absolute Gasteiger partial charge is 0.338 e. The van der Waals surface area contributed by atoms with Crippen LogP contribution >= 0.6 is 0 Å². The lowest BCUT2D eigenvalue weighted by molar-refractivity contribution is -0.137. The van der Waals surface area contributed by atoms with E-state index in [4.69, 9.17) is 5.26 Å². The average molecular weight is 377 g/mol.